The number of epoxide rings is 1. The highest BCUT2D eigenvalue weighted by molar-refractivity contribution is 5.82. The largest absolute Gasteiger partial charge is 0.495 e. The SMILES string of the molecule is CCOC(=O)/C=C(\C)OCC1CO1. The van der Waals surface area contributed by atoms with Gasteiger partial charge in [-0.3, -0.25) is 0 Å². The number of rotatable bonds is 5. The van der Waals surface area contributed by atoms with E-state index in [4.69, 9.17) is 14.2 Å². The number of carbonyl (C=O) groups is 1. The van der Waals surface area contributed by atoms with E-state index in [1.165, 1.54) is 6.08 Å². The molecule has 1 unspecified atom stereocenters. The zero-order valence-corrected chi connectivity index (χ0v) is 7.91. The summed E-state index contributed by atoms with van der Waals surface area (Å²) in [6.07, 6.45) is 1.55. The third-order valence-electron chi connectivity index (χ3n) is 1.51. The molecule has 0 aliphatic carbocycles. The van der Waals surface area contributed by atoms with Crippen LogP contribution in [0, 0.1) is 0 Å². The summed E-state index contributed by atoms with van der Waals surface area (Å²) in [5.41, 5.74) is 0. The zero-order valence-electron chi connectivity index (χ0n) is 7.91. The van der Waals surface area contributed by atoms with Crippen molar-refractivity contribution in [2.24, 2.45) is 0 Å². The third kappa shape index (κ3) is 4.52. The van der Waals surface area contributed by atoms with Crippen LogP contribution in [0.25, 0.3) is 0 Å². The molecule has 1 aliphatic rings. The quantitative estimate of drug-likeness (QED) is 0.276. The van der Waals surface area contributed by atoms with E-state index in [9.17, 15) is 4.79 Å². The second-order valence-corrected chi connectivity index (χ2v) is 2.77. The van der Waals surface area contributed by atoms with Crippen LogP contribution in [-0.2, 0) is 19.0 Å². The molecule has 74 valence electrons. The fourth-order valence-electron chi connectivity index (χ4n) is 0.780. The smallest absolute Gasteiger partial charge is 0.334 e. The predicted octanol–water partition coefficient (Wildman–Crippen LogP) is 0.869. The van der Waals surface area contributed by atoms with Crippen LogP contribution in [0.3, 0.4) is 0 Å². The van der Waals surface area contributed by atoms with Gasteiger partial charge in [0.15, 0.2) is 0 Å². The lowest BCUT2D eigenvalue weighted by atomic mass is 10.4. The Morgan fingerprint density at radius 1 is 1.62 bits per heavy atom. The Morgan fingerprint density at radius 3 is 2.85 bits per heavy atom. The monoisotopic (exact) mass is 186 g/mol. The summed E-state index contributed by atoms with van der Waals surface area (Å²) >= 11 is 0. The maximum absolute atomic E-state index is 10.9. The standard InChI is InChI=1S/C9H14O4/c1-3-11-9(10)4-7(2)12-5-8-6-13-8/h4,8H,3,5-6H2,1-2H3/b7-4+. The van der Waals surface area contributed by atoms with Crippen molar-refractivity contribution in [2.75, 3.05) is 19.8 Å². The molecule has 0 bridgehead atoms. The minimum atomic E-state index is -0.364. The molecule has 1 aliphatic heterocycles. The van der Waals surface area contributed by atoms with Gasteiger partial charge in [0.1, 0.15) is 18.5 Å². The van der Waals surface area contributed by atoms with Crippen LogP contribution in [-0.4, -0.2) is 31.9 Å². The van der Waals surface area contributed by atoms with E-state index < -0.39 is 0 Å². The molecular formula is C9H14O4. The summed E-state index contributed by atoms with van der Waals surface area (Å²) in [5.74, 6) is 0.200. The molecule has 13 heavy (non-hydrogen) atoms. The van der Waals surface area contributed by atoms with Crippen molar-refractivity contribution in [3.63, 3.8) is 0 Å². The molecule has 0 aromatic rings. The highest BCUT2D eigenvalue weighted by Crippen LogP contribution is 2.10. The molecule has 1 atom stereocenters. The van der Waals surface area contributed by atoms with Gasteiger partial charge < -0.3 is 14.2 Å². The normalized spacial score (nSPS) is 21.1. The Hall–Kier alpha value is -1.03. The Labute approximate surface area is 77.5 Å². The number of carbonyl (C=O) groups excluding carboxylic acids is 1. The van der Waals surface area contributed by atoms with Gasteiger partial charge in [-0.2, -0.15) is 0 Å². The molecule has 0 N–H and O–H groups in total. The summed E-state index contributed by atoms with van der Waals surface area (Å²) in [6.45, 7) is 5.14. The molecule has 4 nitrogen and oxygen atoms in total. The second kappa shape index (κ2) is 4.87. The average molecular weight is 186 g/mol. The first kappa shape index (κ1) is 10.1. The number of hydrogen-bond donors (Lipinski definition) is 0. The average Bonchev–Trinajstić information content (AvgIpc) is 2.84. The number of ether oxygens (including phenoxy) is 3. The van der Waals surface area contributed by atoms with Gasteiger partial charge in [-0.15, -0.1) is 0 Å². The Balaban J connectivity index is 2.18. The van der Waals surface area contributed by atoms with Crippen molar-refractivity contribution < 1.29 is 19.0 Å². The van der Waals surface area contributed by atoms with Gasteiger partial charge in [0.2, 0.25) is 0 Å². The minimum Gasteiger partial charge on any atom is -0.495 e. The van der Waals surface area contributed by atoms with E-state index >= 15 is 0 Å². The molecule has 0 aromatic heterocycles. The zero-order chi connectivity index (χ0) is 9.68. The van der Waals surface area contributed by atoms with Crippen molar-refractivity contribution in [1.29, 1.82) is 0 Å². The van der Waals surface area contributed by atoms with Crippen molar-refractivity contribution >= 4 is 5.97 Å². The summed E-state index contributed by atoms with van der Waals surface area (Å²) in [7, 11) is 0. The van der Waals surface area contributed by atoms with Gasteiger partial charge in [-0.1, -0.05) is 0 Å². The molecule has 0 radical (unpaired) electrons. The molecule has 1 fully saturated rings. The van der Waals surface area contributed by atoms with E-state index in [1.807, 2.05) is 0 Å². The molecule has 4 heteroatoms. The number of esters is 1. The van der Waals surface area contributed by atoms with Crippen LogP contribution in [0.15, 0.2) is 11.8 Å². The molecule has 1 saturated heterocycles. The first-order chi connectivity index (χ1) is 6.22. The topological polar surface area (TPSA) is 48.1 Å². The Kier molecular flexibility index (Phi) is 3.76. The number of allylic oxidation sites excluding steroid dienone is 1. The lowest BCUT2D eigenvalue weighted by Crippen LogP contribution is -2.04. The molecule has 1 rings (SSSR count). The third-order valence-corrected chi connectivity index (χ3v) is 1.51. The fourth-order valence-corrected chi connectivity index (χ4v) is 0.780. The highest BCUT2D eigenvalue weighted by Gasteiger charge is 2.22. The van der Waals surface area contributed by atoms with Crippen LogP contribution >= 0.6 is 0 Å². The molecule has 0 aromatic carbocycles. The molecular weight excluding hydrogens is 172 g/mol. The second-order valence-electron chi connectivity index (χ2n) is 2.77. The van der Waals surface area contributed by atoms with E-state index in [0.717, 1.165) is 6.61 Å². The summed E-state index contributed by atoms with van der Waals surface area (Å²) in [6, 6.07) is 0. The summed E-state index contributed by atoms with van der Waals surface area (Å²) in [4.78, 5) is 10.9. The van der Waals surface area contributed by atoms with E-state index in [1.54, 1.807) is 13.8 Å². The van der Waals surface area contributed by atoms with Crippen molar-refractivity contribution in [3.05, 3.63) is 11.8 Å². The van der Waals surface area contributed by atoms with Crippen LogP contribution in [0.5, 0.6) is 0 Å². The highest BCUT2D eigenvalue weighted by atomic mass is 16.6. The lowest BCUT2D eigenvalue weighted by molar-refractivity contribution is -0.137. The van der Waals surface area contributed by atoms with Crippen molar-refractivity contribution in [3.8, 4) is 0 Å². The first-order valence-electron chi connectivity index (χ1n) is 4.32. The van der Waals surface area contributed by atoms with E-state index in [0.29, 0.717) is 19.0 Å². The van der Waals surface area contributed by atoms with Crippen molar-refractivity contribution in [1.82, 2.24) is 0 Å². The van der Waals surface area contributed by atoms with Gasteiger partial charge in [-0.25, -0.2) is 4.79 Å². The van der Waals surface area contributed by atoms with E-state index in [-0.39, 0.29) is 12.1 Å². The van der Waals surface area contributed by atoms with Gasteiger partial charge in [-0.05, 0) is 13.8 Å². The predicted molar refractivity (Wildman–Crippen MR) is 46.1 cm³/mol. The van der Waals surface area contributed by atoms with Gasteiger partial charge in [0, 0.05) is 0 Å². The summed E-state index contributed by atoms with van der Waals surface area (Å²) in [5, 5.41) is 0. The molecule has 1 heterocycles. The number of hydrogen-bond acceptors (Lipinski definition) is 4. The summed E-state index contributed by atoms with van der Waals surface area (Å²) < 4.78 is 14.9. The van der Waals surface area contributed by atoms with Crippen LogP contribution in [0.4, 0.5) is 0 Å². The van der Waals surface area contributed by atoms with Crippen LogP contribution < -0.4 is 0 Å². The molecule has 0 amide bonds. The minimum absolute atomic E-state index is 0.213. The maximum atomic E-state index is 10.9. The van der Waals surface area contributed by atoms with Gasteiger partial charge in [0.05, 0.1) is 19.3 Å². The van der Waals surface area contributed by atoms with Crippen molar-refractivity contribution in [2.45, 2.75) is 20.0 Å². The fraction of sp³-hybridized carbons (Fsp3) is 0.667. The molecule has 0 spiro atoms. The lowest BCUT2D eigenvalue weighted by Gasteiger charge is -2.03. The Morgan fingerprint density at radius 2 is 2.31 bits per heavy atom. The van der Waals surface area contributed by atoms with Gasteiger partial charge in [0.25, 0.3) is 0 Å². The van der Waals surface area contributed by atoms with Crippen LogP contribution in [0.1, 0.15) is 13.8 Å². The van der Waals surface area contributed by atoms with Crippen LogP contribution in [0.2, 0.25) is 0 Å². The first-order valence-corrected chi connectivity index (χ1v) is 4.32. The molecule has 0 saturated carbocycles. The Bertz CT molecular complexity index is 206. The van der Waals surface area contributed by atoms with Gasteiger partial charge >= 0.3 is 5.97 Å². The maximum Gasteiger partial charge on any atom is 0.334 e. The van der Waals surface area contributed by atoms with E-state index in [2.05, 4.69) is 0 Å².